The zero-order chi connectivity index (χ0) is 24.8. The molecule has 3 aromatic carbocycles. The van der Waals surface area contributed by atoms with Gasteiger partial charge in [0.15, 0.2) is 0 Å². The van der Waals surface area contributed by atoms with E-state index < -0.39 is 17.8 Å². The van der Waals surface area contributed by atoms with Crippen LogP contribution < -0.4 is 4.90 Å². The molecule has 1 saturated carbocycles. The number of carbonyl (C=O) groups excluding carboxylic acids is 3. The maximum absolute atomic E-state index is 13.9. The highest BCUT2D eigenvalue weighted by molar-refractivity contribution is 6.25. The number of hydrogen-bond donors (Lipinski definition) is 0. The lowest BCUT2D eigenvalue weighted by Gasteiger charge is -2.22. The number of benzene rings is 3. The van der Waals surface area contributed by atoms with Crippen molar-refractivity contribution >= 4 is 29.0 Å². The van der Waals surface area contributed by atoms with Gasteiger partial charge in [-0.25, -0.2) is 9.69 Å². The molecule has 2 fully saturated rings. The van der Waals surface area contributed by atoms with E-state index in [1.807, 2.05) is 36.4 Å². The van der Waals surface area contributed by atoms with Gasteiger partial charge in [0.1, 0.15) is 0 Å². The molecule has 0 unspecified atom stereocenters. The van der Waals surface area contributed by atoms with Gasteiger partial charge in [0, 0.05) is 11.8 Å². The summed E-state index contributed by atoms with van der Waals surface area (Å²) < 4.78 is 5.19. The maximum atomic E-state index is 13.9. The molecule has 5 heteroatoms. The summed E-state index contributed by atoms with van der Waals surface area (Å²) in [6.45, 7) is 1.94. The lowest BCUT2D eigenvalue weighted by atomic mass is 9.85. The Labute approximate surface area is 209 Å². The number of esters is 1. The summed E-state index contributed by atoms with van der Waals surface area (Å²) in [6, 6.07) is 27.0. The van der Waals surface area contributed by atoms with Crippen LogP contribution in [0.25, 0.3) is 5.57 Å². The topological polar surface area (TPSA) is 63.7 Å². The number of anilines is 1. The van der Waals surface area contributed by atoms with Crippen molar-refractivity contribution in [2.45, 2.75) is 6.92 Å². The summed E-state index contributed by atoms with van der Waals surface area (Å²) in [5, 5.41) is 0. The second-order valence-corrected chi connectivity index (χ2v) is 9.30. The van der Waals surface area contributed by atoms with Crippen molar-refractivity contribution in [2.75, 3.05) is 11.5 Å². The largest absolute Gasteiger partial charge is 0.462 e. The monoisotopic (exact) mass is 475 g/mol. The zero-order valence-corrected chi connectivity index (χ0v) is 19.8. The van der Waals surface area contributed by atoms with Gasteiger partial charge in [-0.1, -0.05) is 84.9 Å². The second kappa shape index (κ2) is 8.76. The van der Waals surface area contributed by atoms with Crippen LogP contribution in [0.1, 0.15) is 28.4 Å². The van der Waals surface area contributed by atoms with Crippen molar-refractivity contribution in [1.29, 1.82) is 0 Å². The first kappa shape index (κ1) is 22.2. The van der Waals surface area contributed by atoms with Crippen LogP contribution in [-0.2, 0) is 14.3 Å². The molecule has 178 valence electrons. The van der Waals surface area contributed by atoms with Crippen LogP contribution in [0.2, 0.25) is 0 Å². The molecule has 0 N–H and O–H groups in total. The number of amides is 2. The first-order valence-electron chi connectivity index (χ1n) is 12.3. The Hall–Kier alpha value is -4.25. The van der Waals surface area contributed by atoms with Gasteiger partial charge in [-0.15, -0.1) is 0 Å². The number of carbonyl (C=O) groups is 3. The van der Waals surface area contributed by atoms with Crippen LogP contribution in [0.5, 0.6) is 0 Å². The normalized spacial score (nSPS) is 23.8. The fraction of sp³-hybridized carbons (Fsp3) is 0.194. The average Bonchev–Trinajstić information content (AvgIpc) is 3.54. The molecule has 3 aromatic rings. The summed E-state index contributed by atoms with van der Waals surface area (Å²) in [5.74, 6) is -2.37. The van der Waals surface area contributed by atoms with Gasteiger partial charge in [0.2, 0.25) is 11.8 Å². The molecule has 4 atom stereocenters. The number of hydrogen-bond acceptors (Lipinski definition) is 4. The molecule has 1 heterocycles. The van der Waals surface area contributed by atoms with E-state index in [0.29, 0.717) is 5.69 Å². The minimum absolute atomic E-state index is 0.174. The third kappa shape index (κ3) is 3.27. The summed E-state index contributed by atoms with van der Waals surface area (Å²) in [6.07, 6.45) is 4.16. The van der Waals surface area contributed by atoms with Crippen LogP contribution in [0.4, 0.5) is 5.69 Å². The highest BCUT2D eigenvalue weighted by Crippen LogP contribution is 2.59. The minimum atomic E-state index is -0.539. The number of fused-ring (bicyclic) bond motifs is 5. The van der Waals surface area contributed by atoms with E-state index in [2.05, 4.69) is 36.4 Å². The zero-order valence-electron chi connectivity index (χ0n) is 19.8. The number of nitrogens with zero attached hydrogens (tertiary/aromatic N) is 1. The fourth-order valence-corrected chi connectivity index (χ4v) is 6.09. The highest BCUT2D eigenvalue weighted by Gasteiger charge is 2.62. The van der Waals surface area contributed by atoms with E-state index >= 15 is 0 Å². The third-order valence-corrected chi connectivity index (χ3v) is 7.47. The molecule has 36 heavy (non-hydrogen) atoms. The van der Waals surface area contributed by atoms with Gasteiger partial charge < -0.3 is 4.74 Å². The predicted octanol–water partition coefficient (Wildman–Crippen LogP) is 5.29. The highest BCUT2D eigenvalue weighted by atomic mass is 16.5. The Balaban J connectivity index is 1.45. The Bertz CT molecular complexity index is 1350. The van der Waals surface area contributed by atoms with Crippen molar-refractivity contribution in [3.8, 4) is 0 Å². The lowest BCUT2D eigenvalue weighted by Crippen LogP contribution is -2.34. The molecule has 2 amide bonds. The van der Waals surface area contributed by atoms with Gasteiger partial charge in [0.25, 0.3) is 0 Å². The van der Waals surface area contributed by atoms with Crippen molar-refractivity contribution < 1.29 is 19.1 Å². The molecule has 1 aliphatic heterocycles. The smallest absolute Gasteiger partial charge is 0.340 e. The molecule has 6 rings (SSSR count). The van der Waals surface area contributed by atoms with Gasteiger partial charge >= 0.3 is 5.97 Å². The van der Waals surface area contributed by atoms with Crippen molar-refractivity contribution in [2.24, 2.45) is 23.7 Å². The molecule has 1 saturated heterocycles. The summed E-state index contributed by atoms with van der Waals surface area (Å²) in [5.41, 5.74) is 4.89. The van der Waals surface area contributed by atoms with Crippen molar-refractivity contribution in [1.82, 2.24) is 0 Å². The van der Waals surface area contributed by atoms with Crippen LogP contribution in [0, 0.1) is 23.7 Å². The molecule has 0 aromatic heterocycles. The van der Waals surface area contributed by atoms with Gasteiger partial charge in [-0.3, -0.25) is 9.59 Å². The van der Waals surface area contributed by atoms with E-state index in [4.69, 9.17) is 4.74 Å². The standard InChI is InChI=1S/C31H25NO4/c1-2-36-31(35)21-15-9-10-16-24(21)32-29(33)27-22-17-18-23(28(27)30(32)34)26(22)25(19-11-5-3-6-12-19)20-13-7-4-8-14-20/h3-18,22-23,27-28H,2H2,1H3/t22-,23-,27-,28+/m0/s1. The molecular weight excluding hydrogens is 450 g/mol. The molecule has 2 aliphatic carbocycles. The van der Waals surface area contributed by atoms with Crippen LogP contribution in [-0.4, -0.2) is 24.4 Å². The number of allylic oxidation sites excluding steroid dienone is 3. The second-order valence-electron chi connectivity index (χ2n) is 9.30. The summed E-state index contributed by atoms with van der Waals surface area (Å²) in [4.78, 5) is 41.5. The Morgan fingerprint density at radius 3 is 1.78 bits per heavy atom. The first-order chi connectivity index (χ1) is 17.6. The van der Waals surface area contributed by atoms with Gasteiger partial charge in [-0.2, -0.15) is 0 Å². The van der Waals surface area contributed by atoms with E-state index in [1.165, 1.54) is 4.90 Å². The number of imide groups is 1. The van der Waals surface area contributed by atoms with E-state index in [0.717, 1.165) is 22.3 Å². The van der Waals surface area contributed by atoms with Crippen LogP contribution in [0.15, 0.2) is 103 Å². The van der Waals surface area contributed by atoms with Gasteiger partial charge in [0.05, 0.1) is 29.7 Å². The third-order valence-electron chi connectivity index (χ3n) is 7.47. The fourth-order valence-electron chi connectivity index (χ4n) is 6.09. The molecule has 0 spiro atoms. The number of para-hydroxylation sites is 1. The minimum Gasteiger partial charge on any atom is -0.462 e. The van der Waals surface area contributed by atoms with E-state index in [1.54, 1.807) is 31.2 Å². The Kier molecular flexibility index (Phi) is 5.41. The Morgan fingerprint density at radius 1 is 0.750 bits per heavy atom. The van der Waals surface area contributed by atoms with Crippen molar-refractivity contribution in [3.63, 3.8) is 0 Å². The lowest BCUT2D eigenvalue weighted by molar-refractivity contribution is -0.122. The Morgan fingerprint density at radius 2 is 1.25 bits per heavy atom. The van der Waals surface area contributed by atoms with Gasteiger partial charge in [-0.05, 0) is 41.3 Å². The SMILES string of the molecule is CCOC(=O)c1ccccc1N1C(=O)[C@@H]2[C@H](C1=O)[C@H]1C=C[C@H]2C1=C(c1ccccc1)c1ccccc1. The predicted molar refractivity (Wildman–Crippen MR) is 137 cm³/mol. The number of ether oxygens (including phenoxy) is 1. The van der Waals surface area contributed by atoms with E-state index in [9.17, 15) is 14.4 Å². The van der Waals surface area contributed by atoms with Crippen molar-refractivity contribution in [3.05, 3.63) is 119 Å². The van der Waals surface area contributed by atoms with Crippen LogP contribution in [0.3, 0.4) is 0 Å². The summed E-state index contributed by atoms with van der Waals surface area (Å²) in [7, 11) is 0. The molecule has 5 nitrogen and oxygen atoms in total. The van der Waals surface area contributed by atoms with E-state index in [-0.39, 0.29) is 35.8 Å². The molecular formula is C31H25NO4. The first-order valence-corrected chi connectivity index (χ1v) is 12.3. The molecule has 3 aliphatic rings. The summed E-state index contributed by atoms with van der Waals surface area (Å²) >= 11 is 0. The number of rotatable bonds is 5. The molecule has 0 radical (unpaired) electrons. The quantitative estimate of drug-likeness (QED) is 0.286. The average molecular weight is 476 g/mol. The molecule has 2 bridgehead atoms. The van der Waals surface area contributed by atoms with Crippen LogP contribution >= 0.6 is 0 Å². The maximum Gasteiger partial charge on any atom is 0.340 e.